The van der Waals surface area contributed by atoms with Gasteiger partial charge in [-0.15, -0.1) is 34.2 Å². The number of rotatable bonds is 10. The van der Waals surface area contributed by atoms with Crippen LogP contribution in [-0.2, 0) is 17.7 Å². The second-order valence-electron chi connectivity index (χ2n) is 5.97. The molecule has 1 unspecified atom stereocenters. The molecule has 0 aliphatic carbocycles. The first-order valence-corrected chi connectivity index (χ1v) is 8.48. The van der Waals surface area contributed by atoms with Crippen LogP contribution in [0.5, 0.6) is 0 Å². The highest BCUT2D eigenvalue weighted by molar-refractivity contribution is 14.0. The van der Waals surface area contributed by atoms with Gasteiger partial charge in [-0.2, -0.15) is 0 Å². The lowest BCUT2D eigenvalue weighted by Crippen LogP contribution is -2.45. The molecule has 1 rings (SSSR count). The van der Waals surface area contributed by atoms with Crippen molar-refractivity contribution in [2.45, 2.75) is 53.1 Å². The summed E-state index contributed by atoms with van der Waals surface area (Å²) in [6.45, 7) is 11.7. The maximum Gasteiger partial charge on any atom is 0.191 e. The van der Waals surface area contributed by atoms with Crippen molar-refractivity contribution < 1.29 is 4.74 Å². The summed E-state index contributed by atoms with van der Waals surface area (Å²) in [6, 6.07) is 0.366. The van der Waals surface area contributed by atoms with Crippen LogP contribution in [0.25, 0.3) is 0 Å². The fourth-order valence-electron chi connectivity index (χ4n) is 1.97. The second kappa shape index (κ2) is 13.4. The Morgan fingerprint density at radius 1 is 1.38 bits per heavy atom. The van der Waals surface area contributed by atoms with Gasteiger partial charge in [-0.05, 0) is 19.3 Å². The van der Waals surface area contributed by atoms with Crippen LogP contribution in [0.3, 0.4) is 0 Å². The first kappa shape index (κ1) is 23.1. The lowest BCUT2D eigenvalue weighted by atomic mass is 10.1. The van der Waals surface area contributed by atoms with Crippen molar-refractivity contribution in [3.63, 3.8) is 0 Å². The van der Waals surface area contributed by atoms with Gasteiger partial charge < -0.3 is 19.9 Å². The lowest BCUT2D eigenvalue weighted by molar-refractivity contribution is 0.197. The fourth-order valence-corrected chi connectivity index (χ4v) is 1.97. The predicted molar refractivity (Wildman–Crippen MR) is 109 cm³/mol. The summed E-state index contributed by atoms with van der Waals surface area (Å²) in [6.07, 6.45) is 3.59. The molecule has 1 aromatic heterocycles. The van der Waals surface area contributed by atoms with Gasteiger partial charge in [-0.1, -0.05) is 20.8 Å². The highest BCUT2D eigenvalue weighted by Gasteiger charge is 2.09. The molecule has 0 fully saturated rings. The Morgan fingerprint density at radius 3 is 2.75 bits per heavy atom. The van der Waals surface area contributed by atoms with E-state index in [1.54, 1.807) is 13.4 Å². The smallest absolute Gasteiger partial charge is 0.191 e. The Labute approximate surface area is 163 Å². The topological polar surface area (TPSA) is 76.4 Å². The zero-order valence-corrected chi connectivity index (χ0v) is 17.9. The number of nitrogens with one attached hydrogen (secondary N) is 2. The largest absolute Gasteiger partial charge is 0.385 e. The van der Waals surface area contributed by atoms with Crippen LogP contribution in [0.15, 0.2) is 11.3 Å². The van der Waals surface area contributed by atoms with Crippen LogP contribution >= 0.6 is 24.0 Å². The lowest BCUT2D eigenvalue weighted by Gasteiger charge is -2.21. The Kier molecular flexibility index (Phi) is 12.9. The second-order valence-corrected chi connectivity index (χ2v) is 5.97. The molecule has 0 amide bonds. The molecule has 1 atom stereocenters. The Balaban J connectivity index is 0.00000529. The number of hydrogen-bond acceptors (Lipinski definition) is 4. The van der Waals surface area contributed by atoms with E-state index in [1.165, 1.54) is 0 Å². The highest BCUT2D eigenvalue weighted by atomic mass is 127. The Bertz CT molecular complexity index is 463. The summed E-state index contributed by atoms with van der Waals surface area (Å²) in [5.41, 5.74) is 0. The summed E-state index contributed by atoms with van der Waals surface area (Å²) in [7, 11) is 1.71. The summed E-state index contributed by atoms with van der Waals surface area (Å²) >= 11 is 0. The van der Waals surface area contributed by atoms with Crippen molar-refractivity contribution in [1.82, 2.24) is 25.4 Å². The number of hydrogen-bond donors (Lipinski definition) is 2. The molecular weight excluding hydrogens is 419 g/mol. The molecule has 0 radical (unpaired) electrons. The van der Waals surface area contributed by atoms with Crippen LogP contribution in [0.4, 0.5) is 0 Å². The highest BCUT2D eigenvalue weighted by Crippen LogP contribution is 1.99. The van der Waals surface area contributed by atoms with E-state index >= 15 is 0 Å². The van der Waals surface area contributed by atoms with Crippen molar-refractivity contribution >= 4 is 29.9 Å². The molecular formula is C16H33IN6O. The minimum atomic E-state index is 0. The third-order valence-electron chi connectivity index (χ3n) is 3.80. The van der Waals surface area contributed by atoms with Gasteiger partial charge in [0.05, 0.1) is 0 Å². The number of aliphatic imine (C=N–C) groups is 1. The molecule has 2 N–H and O–H groups in total. The third kappa shape index (κ3) is 8.81. The molecule has 0 saturated heterocycles. The molecule has 140 valence electrons. The number of ether oxygens (including phenoxy) is 1. The van der Waals surface area contributed by atoms with E-state index in [2.05, 4.69) is 58.1 Å². The summed E-state index contributed by atoms with van der Waals surface area (Å²) < 4.78 is 7.14. The van der Waals surface area contributed by atoms with Crippen molar-refractivity contribution in [2.75, 3.05) is 26.8 Å². The van der Waals surface area contributed by atoms with E-state index in [1.807, 2.05) is 0 Å². The number of aryl methyl sites for hydroxylation is 1. The number of guanidine groups is 1. The van der Waals surface area contributed by atoms with Gasteiger partial charge in [-0.25, -0.2) is 0 Å². The van der Waals surface area contributed by atoms with E-state index in [4.69, 9.17) is 4.74 Å². The maximum atomic E-state index is 5.07. The van der Waals surface area contributed by atoms with Gasteiger partial charge >= 0.3 is 0 Å². The molecule has 1 aromatic rings. The molecule has 0 saturated carbocycles. The monoisotopic (exact) mass is 452 g/mol. The molecule has 24 heavy (non-hydrogen) atoms. The third-order valence-corrected chi connectivity index (χ3v) is 3.80. The van der Waals surface area contributed by atoms with Crippen LogP contribution in [-0.4, -0.2) is 53.6 Å². The van der Waals surface area contributed by atoms with Gasteiger partial charge in [0, 0.05) is 45.8 Å². The number of halogens is 1. The van der Waals surface area contributed by atoms with Gasteiger partial charge in [0.2, 0.25) is 0 Å². The number of methoxy groups -OCH3 is 1. The molecule has 0 bridgehead atoms. The standard InChI is InChI=1S/C16H32N6O.HI/c1-6-15-21-19-12-22(15)10-9-18-16(17-8-7-11-23-5)20-14(4)13(2)3;/h12-14H,6-11H2,1-5H3,(H2,17,18,20);1H. The van der Waals surface area contributed by atoms with E-state index in [0.29, 0.717) is 12.0 Å². The average molecular weight is 452 g/mol. The summed E-state index contributed by atoms with van der Waals surface area (Å²) in [5, 5.41) is 14.9. The molecule has 8 heteroatoms. The molecule has 0 spiro atoms. The molecule has 1 heterocycles. The normalized spacial score (nSPS) is 12.8. The van der Waals surface area contributed by atoms with Crippen molar-refractivity contribution in [3.05, 3.63) is 12.2 Å². The predicted octanol–water partition coefficient (Wildman–Crippen LogP) is 2.07. The first-order chi connectivity index (χ1) is 11.1. The minimum Gasteiger partial charge on any atom is -0.385 e. The van der Waals surface area contributed by atoms with Crippen LogP contribution < -0.4 is 10.6 Å². The van der Waals surface area contributed by atoms with E-state index in [0.717, 1.165) is 50.9 Å². The SMILES string of the molecule is CCc1nncn1CCNC(=NCCCOC)NC(C)C(C)C.I. The fraction of sp³-hybridized carbons (Fsp3) is 0.812. The molecule has 0 aliphatic heterocycles. The summed E-state index contributed by atoms with van der Waals surface area (Å²) in [5.74, 6) is 2.41. The zero-order valence-electron chi connectivity index (χ0n) is 15.6. The van der Waals surface area contributed by atoms with Crippen LogP contribution in [0, 0.1) is 5.92 Å². The van der Waals surface area contributed by atoms with Gasteiger partial charge in [0.15, 0.2) is 5.96 Å². The van der Waals surface area contributed by atoms with Crippen LogP contribution in [0.1, 0.15) is 39.9 Å². The first-order valence-electron chi connectivity index (χ1n) is 8.48. The minimum absolute atomic E-state index is 0. The van der Waals surface area contributed by atoms with E-state index < -0.39 is 0 Å². The quantitative estimate of drug-likeness (QED) is 0.246. The van der Waals surface area contributed by atoms with Gasteiger partial charge in [-0.3, -0.25) is 4.99 Å². The van der Waals surface area contributed by atoms with Gasteiger partial charge in [0.1, 0.15) is 12.2 Å². The Hall–Kier alpha value is -0.900. The van der Waals surface area contributed by atoms with Crippen molar-refractivity contribution in [1.29, 1.82) is 0 Å². The molecule has 7 nitrogen and oxygen atoms in total. The Morgan fingerprint density at radius 2 is 2.12 bits per heavy atom. The van der Waals surface area contributed by atoms with Gasteiger partial charge in [0.25, 0.3) is 0 Å². The number of aromatic nitrogens is 3. The van der Waals surface area contributed by atoms with Crippen molar-refractivity contribution in [2.24, 2.45) is 10.9 Å². The number of nitrogens with zero attached hydrogens (tertiary/aromatic N) is 4. The van der Waals surface area contributed by atoms with Crippen molar-refractivity contribution in [3.8, 4) is 0 Å². The average Bonchev–Trinajstić information content (AvgIpc) is 2.98. The summed E-state index contributed by atoms with van der Waals surface area (Å²) in [4.78, 5) is 4.62. The maximum absolute atomic E-state index is 5.07. The van der Waals surface area contributed by atoms with E-state index in [9.17, 15) is 0 Å². The van der Waals surface area contributed by atoms with E-state index in [-0.39, 0.29) is 24.0 Å². The zero-order chi connectivity index (χ0) is 17.1. The molecule has 0 aliphatic rings. The van der Waals surface area contributed by atoms with Crippen LogP contribution in [0.2, 0.25) is 0 Å². The molecule has 0 aromatic carbocycles.